The van der Waals surface area contributed by atoms with E-state index in [-0.39, 0.29) is 0 Å². The van der Waals surface area contributed by atoms with Gasteiger partial charge >= 0.3 is 6.03 Å². The third-order valence-electron chi connectivity index (χ3n) is 1.99. The normalized spacial score (nSPS) is 17.3. The maximum Gasteiger partial charge on any atom is 0.330 e. The third kappa shape index (κ3) is 3.93. The molecule has 74 valence electrons. The summed E-state index contributed by atoms with van der Waals surface area (Å²) in [6.07, 6.45) is 2.50. The average molecular weight is 202 g/mol. The molecule has 0 aromatic rings. The summed E-state index contributed by atoms with van der Waals surface area (Å²) >= 11 is 4.90. The maximum atomic E-state index is 10.3. The van der Waals surface area contributed by atoms with Crippen molar-refractivity contribution in [1.82, 2.24) is 16.2 Å². The molecule has 0 radical (unpaired) electrons. The smallest absolute Gasteiger partial charge is 0.330 e. The van der Waals surface area contributed by atoms with Gasteiger partial charge < -0.3 is 11.1 Å². The summed E-state index contributed by atoms with van der Waals surface area (Å²) < 4.78 is 0. The van der Waals surface area contributed by atoms with Gasteiger partial charge in [-0.3, -0.25) is 5.43 Å². The highest BCUT2D eigenvalue weighted by Crippen LogP contribution is 2.32. The van der Waals surface area contributed by atoms with E-state index >= 15 is 0 Å². The fourth-order valence-corrected chi connectivity index (χ4v) is 1.31. The minimum absolute atomic E-state index is 0.356. The van der Waals surface area contributed by atoms with Crippen molar-refractivity contribution in [3.8, 4) is 0 Å². The van der Waals surface area contributed by atoms with Crippen molar-refractivity contribution in [2.24, 2.45) is 11.7 Å². The molecule has 0 aliphatic heterocycles. The summed E-state index contributed by atoms with van der Waals surface area (Å²) in [5, 5.41) is 3.45. The van der Waals surface area contributed by atoms with E-state index in [4.69, 9.17) is 18.0 Å². The molecule has 1 aliphatic rings. The van der Waals surface area contributed by atoms with Gasteiger partial charge in [-0.1, -0.05) is 0 Å². The van der Waals surface area contributed by atoms with Crippen molar-refractivity contribution in [3.05, 3.63) is 0 Å². The number of hydrazine groups is 1. The van der Waals surface area contributed by atoms with Crippen molar-refractivity contribution >= 4 is 23.4 Å². The second-order valence-electron chi connectivity index (χ2n) is 3.21. The van der Waals surface area contributed by atoms with Gasteiger partial charge in [0.1, 0.15) is 0 Å². The van der Waals surface area contributed by atoms with Crippen LogP contribution in [0.25, 0.3) is 0 Å². The summed E-state index contributed by atoms with van der Waals surface area (Å²) in [6, 6.07) is -0.294. The van der Waals surface area contributed by atoms with E-state index in [1.807, 2.05) is 0 Å². The van der Waals surface area contributed by atoms with Crippen LogP contribution in [-0.2, 0) is 0 Å². The van der Waals surface area contributed by atoms with Gasteiger partial charge in [0.15, 0.2) is 5.11 Å². The summed E-state index contributed by atoms with van der Waals surface area (Å²) in [7, 11) is 0. The van der Waals surface area contributed by atoms with E-state index in [2.05, 4.69) is 23.1 Å². The average Bonchev–Trinajstić information content (AvgIpc) is 2.82. The predicted molar refractivity (Wildman–Crippen MR) is 53.8 cm³/mol. The molecule has 0 spiro atoms. The highest BCUT2D eigenvalue weighted by molar-refractivity contribution is 7.80. The Balaban J connectivity index is 2.12. The van der Waals surface area contributed by atoms with Gasteiger partial charge in [0, 0.05) is 6.04 Å². The van der Waals surface area contributed by atoms with Crippen LogP contribution < -0.4 is 21.9 Å². The van der Waals surface area contributed by atoms with E-state index in [9.17, 15) is 4.79 Å². The van der Waals surface area contributed by atoms with Gasteiger partial charge in [-0.25, -0.2) is 10.2 Å². The van der Waals surface area contributed by atoms with Crippen molar-refractivity contribution in [3.63, 3.8) is 0 Å². The summed E-state index contributed by atoms with van der Waals surface area (Å²) in [5.41, 5.74) is 9.53. The molecule has 1 aliphatic carbocycles. The minimum atomic E-state index is -0.650. The lowest BCUT2D eigenvalue weighted by Gasteiger charge is -2.15. The van der Waals surface area contributed by atoms with Gasteiger partial charge in [0.2, 0.25) is 0 Å². The Bertz CT molecular complexity index is 217. The van der Waals surface area contributed by atoms with Crippen LogP contribution in [-0.4, -0.2) is 17.2 Å². The Morgan fingerprint density at radius 2 is 2.15 bits per heavy atom. The summed E-state index contributed by atoms with van der Waals surface area (Å²) in [4.78, 5) is 10.3. The molecular weight excluding hydrogens is 188 g/mol. The van der Waals surface area contributed by atoms with Crippen LogP contribution in [0.1, 0.15) is 19.8 Å². The second-order valence-corrected chi connectivity index (χ2v) is 3.62. The van der Waals surface area contributed by atoms with Crippen LogP contribution in [0, 0.1) is 5.92 Å². The molecule has 0 heterocycles. The number of carbonyl (C=O) groups is 1. The first kappa shape index (κ1) is 10.0. The lowest BCUT2D eigenvalue weighted by atomic mass is 10.2. The fourth-order valence-electron chi connectivity index (χ4n) is 1.08. The van der Waals surface area contributed by atoms with Crippen molar-refractivity contribution in [2.75, 3.05) is 0 Å². The predicted octanol–water partition coefficient (Wildman–Crippen LogP) is -0.168. The number of amides is 2. The lowest BCUT2D eigenvalue weighted by Crippen LogP contribution is -2.51. The minimum Gasteiger partial charge on any atom is -0.359 e. The van der Waals surface area contributed by atoms with Gasteiger partial charge in [0.05, 0.1) is 0 Å². The molecule has 0 saturated heterocycles. The molecule has 1 atom stereocenters. The lowest BCUT2D eigenvalue weighted by molar-refractivity contribution is 0.247. The van der Waals surface area contributed by atoms with Crippen LogP contribution >= 0.6 is 12.2 Å². The second kappa shape index (κ2) is 4.27. The van der Waals surface area contributed by atoms with E-state index in [0.29, 0.717) is 17.1 Å². The number of hydrogen-bond acceptors (Lipinski definition) is 2. The molecule has 2 amide bonds. The largest absolute Gasteiger partial charge is 0.359 e. The zero-order chi connectivity index (χ0) is 9.84. The van der Waals surface area contributed by atoms with Gasteiger partial charge in [-0.2, -0.15) is 0 Å². The third-order valence-corrected chi connectivity index (χ3v) is 2.21. The number of nitrogens with one attached hydrogen (secondary N) is 3. The number of urea groups is 1. The van der Waals surface area contributed by atoms with Crippen LogP contribution in [0.5, 0.6) is 0 Å². The maximum absolute atomic E-state index is 10.3. The zero-order valence-corrected chi connectivity index (χ0v) is 8.28. The van der Waals surface area contributed by atoms with Crippen LogP contribution in [0.4, 0.5) is 4.79 Å². The monoisotopic (exact) mass is 202 g/mol. The SMILES string of the molecule is CC(NC(=S)NNC(N)=O)C1CC1. The molecule has 13 heavy (non-hydrogen) atoms. The first-order chi connectivity index (χ1) is 6.09. The molecule has 1 rings (SSSR count). The summed E-state index contributed by atoms with van der Waals surface area (Å²) in [6.45, 7) is 2.07. The number of primary amides is 1. The molecule has 5 nitrogen and oxygen atoms in total. The molecule has 5 N–H and O–H groups in total. The van der Waals surface area contributed by atoms with Crippen LogP contribution in [0.2, 0.25) is 0 Å². The summed E-state index contributed by atoms with van der Waals surface area (Å²) in [5.74, 6) is 0.716. The Labute approximate surface area is 82.4 Å². The first-order valence-corrected chi connectivity index (χ1v) is 4.62. The Kier molecular flexibility index (Phi) is 3.30. The highest BCUT2D eigenvalue weighted by Gasteiger charge is 2.28. The van der Waals surface area contributed by atoms with Gasteiger partial charge in [0.25, 0.3) is 0 Å². The van der Waals surface area contributed by atoms with Crippen molar-refractivity contribution in [2.45, 2.75) is 25.8 Å². The molecule has 0 aromatic heterocycles. The van der Waals surface area contributed by atoms with Gasteiger partial charge in [-0.15, -0.1) is 0 Å². The number of thiocarbonyl (C=S) groups is 1. The molecule has 0 aromatic carbocycles. The number of hydrogen-bond donors (Lipinski definition) is 4. The molecule has 1 saturated carbocycles. The molecule has 1 fully saturated rings. The van der Waals surface area contributed by atoms with Crippen molar-refractivity contribution < 1.29 is 4.79 Å². The van der Waals surface area contributed by atoms with Crippen molar-refractivity contribution in [1.29, 1.82) is 0 Å². The Hall–Kier alpha value is -1.04. The van der Waals surface area contributed by atoms with Gasteiger partial charge in [-0.05, 0) is 37.9 Å². The number of nitrogens with two attached hydrogens (primary N) is 1. The first-order valence-electron chi connectivity index (χ1n) is 4.21. The van der Waals surface area contributed by atoms with E-state index in [1.165, 1.54) is 12.8 Å². The highest BCUT2D eigenvalue weighted by atomic mass is 32.1. The van der Waals surface area contributed by atoms with E-state index < -0.39 is 6.03 Å². The zero-order valence-electron chi connectivity index (χ0n) is 7.46. The standard InChI is InChI=1S/C7H14N4OS/c1-4(5-2-3-5)9-7(13)11-10-6(8)12/h4-5H,2-3H2,1H3,(H3,8,10,12)(H2,9,11,13). The molecule has 0 bridgehead atoms. The van der Waals surface area contributed by atoms with Crippen LogP contribution in [0.15, 0.2) is 0 Å². The fraction of sp³-hybridized carbons (Fsp3) is 0.714. The topological polar surface area (TPSA) is 79.2 Å². The quantitative estimate of drug-likeness (QED) is 0.370. The molecular formula is C7H14N4OS. The number of carbonyl (C=O) groups excluding carboxylic acids is 1. The van der Waals surface area contributed by atoms with Crippen LogP contribution in [0.3, 0.4) is 0 Å². The number of rotatable bonds is 2. The molecule has 1 unspecified atom stereocenters. The Morgan fingerprint density at radius 3 is 2.62 bits per heavy atom. The molecule has 6 heteroatoms. The Morgan fingerprint density at radius 1 is 1.54 bits per heavy atom. The van der Waals surface area contributed by atoms with E-state index in [0.717, 1.165) is 0 Å². The van der Waals surface area contributed by atoms with E-state index in [1.54, 1.807) is 0 Å².